The summed E-state index contributed by atoms with van der Waals surface area (Å²) in [6.07, 6.45) is -2.23. The standard InChI is InChI=1S/C71H94N20O17S2.C2HF3O2/c1-38(92)81-53-35-109-110-36-54(69(107)91-26-10-18-56(91)70(108)90-25-9-17-55(90)68(106)85-46(15-6-7-23-72)62(100)86-49(60(73)98)31-59(96)97)82-57(93)34-79-61(99)51(29-42-32-78-45-14-5-4-13-44(42)45)88-63(101)47(16-8-24-77-71(74)75)83-65(103)50(28-39-19-20-40-11-2-3-12-41(40)27-39)87-66(104)52(30-43-33-76-37-80-43)89-64(102)48(84-67(53)105)21-22-58(94)95;3-2(4,5)1(6)7/h2-5,11-14,19-20,27,32-33,37,46-56,78H,6-10,15-18,21-26,28-31,34-36,72H2,1H3,(H2,73,98)(H,76,80)(H,79,99)(H,81,92)(H,82,93)(H,83,103)(H,84,105)(H,85,106)(H,86,100)(H,87,104)(H,88,101)(H,89,102)(H,94,95)(H,96,97)(H4,74,75,77);(H,6,7)/t46-,47-,48-,49-,50+,51-,52-,53-,54-,55-,56-;/m0./s1. The molecule has 3 aliphatic heterocycles. The maximum absolute atomic E-state index is 15.2. The molecule has 3 fully saturated rings. The highest BCUT2D eigenvalue weighted by Gasteiger charge is 2.45. The van der Waals surface area contributed by atoms with E-state index in [4.69, 9.17) is 32.5 Å². The number of aromatic amines is 2. The smallest absolute Gasteiger partial charge is 0.481 e. The number of imidazole rings is 1. The molecule has 634 valence electrons. The topological polar surface area (TPSA) is 619 Å². The Morgan fingerprint density at radius 3 is 1.88 bits per heavy atom. The van der Waals surface area contributed by atoms with Crippen LogP contribution < -0.4 is 75.7 Å². The number of unbranched alkanes of at least 4 members (excludes halogenated alkanes) is 1. The molecule has 0 aliphatic carbocycles. The number of amides is 13. The second-order valence-corrected chi connectivity index (χ2v) is 30.3. The van der Waals surface area contributed by atoms with Gasteiger partial charge in [0.1, 0.15) is 66.5 Å². The minimum Gasteiger partial charge on any atom is -0.481 e. The first kappa shape index (κ1) is 92.1. The van der Waals surface area contributed by atoms with E-state index in [0.717, 1.165) is 39.3 Å². The van der Waals surface area contributed by atoms with Gasteiger partial charge in [0.2, 0.25) is 76.8 Å². The van der Waals surface area contributed by atoms with E-state index in [1.807, 2.05) is 18.2 Å². The van der Waals surface area contributed by atoms with Crippen LogP contribution in [0.5, 0.6) is 0 Å². The Labute approximate surface area is 674 Å². The summed E-state index contributed by atoms with van der Waals surface area (Å²) in [5.74, 6) is -18.4. The third kappa shape index (κ3) is 28.7. The summed E-state index contributed by atoms with van der Waals surface area (Å²) < 4.78 is 31.7. The van der Waals surface area contributed by atoms with Crippen LogP contribution in [0.4, 0.5) is 13.2 Å². The third-order valence-electron chi connectivity index (χ3n) is 19.0. The van der Waals surface area contributed by atoms with E-state index in [0.29, 0.717) is 47.0 Å². The molecule has 2 aromatic heterocycles. The molecule has 8 rings (SSSR count). The number of hydrogen-bond acceptors (Lipinski definition) is 21. The van der Waals surface area contributed by atoms with Crippen molar-refractivity contribution < 1.29 is 105 Å². The van der Waals surface area contributed by atoms with Gasteiger partial charge in [0.25, 0.3) is 0 Å². The Bertz CT molecular complexity index is 4430. The van der Waals surface area contributed by atoms with Crippen LogP contribution in [0.25, 0.3) is 21.7 Å². The molecular formula is C73H95F3N20O19S2. The average molecular weight is 1680 g/mol. The zero-order valence-electron chi connectivity index (χ0n) is 63.4. The van der Waals surface area contributed by atoms with Crippen LogP contribution in [0.1, 0.15) is 101 Å². The van der Waals surface area contributed by atoms with Gasteiger partial charge in [-0.3, -0.25) is 77.3 Å². The normalized spacial score (nSPS) is 21.5. The zero-order chi connectivity index (χ0) is 85.6. The predicted octanol–water partition coefficient (Wildman–Crippen LogP) is -2.20. The second-order valence-electron chi connectivity index (χ2n) is 27.7. The SMILES string of the molecule is CC(=O)N[C@H]1CSSC[C@@H](C(=O)N2CCC[C@H]2C(=O)N2CCC[C@H]2C(=O)N[C@@H](CCCCN)C(=O)N[C@@H](CC(=O)O)C(N)=O)NC(=O)CNC(=O)[C@H](Cc2c[nH]c3ccccc23)NC(=O)[C@H](CCCNC(=N)N)NC(=O)[C@@H](Cc2ccc3ccccc3c2)NC(=O)[C@H](Cc2cnc[nH]2)NC(=O)[C@H](CCC(=O)O)NC1=O.O=C(O)C(F)(F)F. The van der Waals surface area contributed by atoms with Crippen LogP contribution in [0.15, 0.2) is 85.5 Å². The van der Waals surface area contributed by atoms with Crippen LogP contribution in [0, 0.1) is 5.41 Å². The minimum absolute atomic E-state index is 0.000654. The number of halogens is 3. The van der Waals surface area contributed by atoms with Gasteiger partial charge < -0.3 is 111 Å². The van der Waals surface area contributed by atoms with Gasteiger partial charge in [0, 0.05) is 92.7 Å². The fraction of sp³-hybridized carbons (Fsp3) is 0.479. The average Bonchev–Trinajstić information content (AvgIpc) is 1.61. The number of hydrogen-bond donors (Lipinski definition) is 20. The molecule has 13 amide bonds. The van der Waals surface area contributed by atoms with Crippen molar-refractivity contribution >= 4 is 144 Å². The number of fused-ring (bicyclic) bond motifs is 2. The molecule has 5 aromatic rings. The maximum atomic E-state index is 15.2. The number of carboxylic acids is 3. The summed E-state index contributed by atoms with van der Waals surface area (Å²) >= 11 is 0. The number of alkyl halides is 3. The van der Waals surface area contributed by atoms with Crippen molar-refractivity contribution in [3.8, 4) is 0 Å². The second kappa shape index (κ2) is 44.7. The highest BCUT2D eigenvalue weighted by Crippen LogP contribution is 2.30. The van der Waals surface area contributed by atoms with Crippen molar-refractivity contribution in [2.45, 2.75) is 176 Å². The van der Waals surface area contributed by atoms with E-state index < -0.39 is 199 Å². The van der Waals surface area contributed by atoms with Crippen molar-refractivity contribution in [1.29, 1.82) is 5.41 Å². The molecule has 5 heterocycles. The lowest BCUT2D eigenvalue weighted by molar-refractivity contribution is -0.192. The van der Waals surface area contributed by atoms with Crippen molar-refractivity contribution in [3.05, 3.63) is 102 Å². The Hall–Kier alpha value is -12.1. The lowest BCUT2D eigenvalue weighted by Gasteiger charge is -2.33. The van der Waals surface area contributed by atoms with Gasteiger partial charge in [-0.25, -0.2) is 9.78 Å². The highest BCUT2D eigenvalue weighted by molar-refractivity contribution is 8.76. The molecule has 44 heteroatoms. The van der Waals surface area contributed by atoms with Gasteiger partial charge in [-0.05, 0) is 98.7 Å². The van der Waals surface area contributed by atoms with Crippen LogP contribution >= 0.6 is 21.6 Å². The van der Waals surface area contributed by atoms with Crippen LogP contribution in [0.3, 0.4) is 0 Å². The first-order valence-electron chi connectivity index (χ1n) is 37.2. The Morgan fingerprint density at radius 1 is 0.658 bits per heavy atom. The van der Waals surface area contributed by atoms with Crippen molar-refractivity contribution in [2.75, 3.05) is 44.2 Å². The number of aromatic nitrogens is 3. The van der Waals surface area contributed by atoms with E-state index in [9.17, 15) is 76.1 Å². The van der Waals surface area contributed by atoms with Gasteiger partial charge in [0.05, 0.1) is 19.3 Å². The Morgan fingerprint density at radius 2 is 1.26 bits per heavy atom. The van der Waals surface area contributed by atoms with Gasteiger partial charge in [0.15, 0.2) is 5.96 Å². The fourth-order valence-corrected chi connectivity index (χ4v) is 15.4. The van der Waals surface area contributed by atoms with E-state index in [1.165, 1.54) is 22.3 Å². The Balaban J connectivity index is 0.00000258. The van der Waals surface area contributed by atoms with Crippen molar-refractivity contribution in [1.82, 2.24) is 83.2 Å². The monoisotopic (exact) mass is 1680 g/mol. The molecule has 0 saturated carbocycles. The summed E-state index contributed by atoms with van der Waals surface area (Å²) in [7, 11) is 1.84. The number of para-hydroxylation sites is 1. The molecule has 3 aromatic carbocycles. The van der Waals surface area contributed by atoms with Crippen LogP contribution in [-0.2, 0) is 96.0 Å². The molecule has 39 nitrogen and oxygen atoms in total. The first-order valence-corrected chi connectivity index (χ1v) is 39.7. The zero-order valence-corrected chi connectivity index (χ0v) is 65.0. The lowest BCUT2D eigenvalue weighted by Crippen LogP contribution is -2.61. The van der Waals surface area contributed by atoms with Gasteiger partial charge in [-0.15, -0.1) is 0 Å². The number of rotatable bonds is 27. The number of aliphatic carboxylic acids is 3. The molecule has 11 atom stereocenters. The molecule has 0 unspecified atom stereocenters. The molecule has 0 bridgehead atoms. The molecule has 3 aliphatic rings. The third-order valence-corrected chi connectivity index (χ3v) is 21.4. The molecule has 23 N–H and O–H groups in total. The first-order chi connectivity index (χ1) is 55.6. The summed E-state index contributed by atoms with van der Waals surface area (Å²) in [5, 5.41) is 65.3. The molecule has 117 heavy (non-hydrogen) atoms. The number of carbonyl (C=O) groups is 16. The van der Waals surface area contributed by atoms with E-state index in [-0.39, 0.29) is 95.5 Å². The maximum Gasteiger partial charge on any atom is 0.490 e. The summed E-state index contributed by atoms with van der Waals surface area (Å²) in [5.41, 5.74) is 18.8. The predicted molar refractivity (Wildman–Crippen MR) is 416 cm³/mol. The number of nitrogens with zero attached hydrogens (tertiary/aromatic N) is 3. The molecule has 0 spiro atoms. The van der Waals surface area contributed by atoms with Gasteiger partial charge >= 0.3 is 24.1 Å². The largest absolute Gasteiger partial charge is 0.490 e. The number of primary amides is 1. The van der Waals surface area contributed by atoms with Crippen molar-refractivity contribution in [2.24, 2.45) is 17.2 Å². The number of H-pyrrole nitrogens is 2. The minimum atomic E-state index is -5.08. The quantitative estimate of drug-likeness (QED) is 0.0115. The number of likely N-dealkylation sites (tertiary alicyclic amines) is 2. The van der Waals surface area contributed by atoms with Crippen LogP contribution in [0.2, 0.25) is 0 Å². The molecular weight excluding hydrogens is 1580 g/mol. The van der Waals surface area contributed by atoms with E-state index in [2.05, 4.69) is 73.4 Å². The Kier molecular flexibility index (Phi) is 35.2. The highest BCUT2D eigenvalue weighted by atomic mass is 33.1. The summed E-state index contributed by atoms with van der Waals surface area (Å²) in [6, 6.07) is 3.45. The fourth-order valence-electron chi connectivity index (χ4n) is 13.1. The van der Waals surface area contributed by atoms with Crippen LogP contribution in [-0.4, -0.2) is 258 Å². The van der Waals surface area contributed by atoms with Gasteiger partial charge in [-0.2, -0.15) is 13.2 Å². The number of benzene rings is 3. The number of guanidine groups is 1. The summed E-state index contributed by atoms with van der Waals surface area (Å²) in [6.45, 7) is 0.522. The number of carbonyl (C=O) groups excluding carboxylic acids is 13. The lowest BCUT2D eigenvalue weighted by atomic mass is 9.99. The van der Waals surface area contributed by atoms with E-state index in [1.54, 1.807) is 54.7 Å². The molecule has 3 saturated heterocycles. The number of nitrogens with one attached hydrogen (secondary N) is 14. The van der Waals surface area contributed by atoms with Gasteiger partial charge in [-0.1, -0.05) is 82.3 Å². The number of nitrogens with two attached hydrogens (primary N) is 3. The molecule has 0 radical (unpaired) electrons. The number of carboxylic acid groups (broad SMARTS) is 3. The van der Waals surface area contributed by atoms with Crippen molar-refractivity contribution in [3.63, 3.8) is 0 Å². The van der Waals surface area contributed by atoms with E-state index >= 15 is 19.2 Å². The summed E-state index contributed by atoms with van der Waals surface area (Å²) in [4.78, 5) is 232.